The van der Waals surface area contributed by atoms with Gasteiger partial charge in [-0.25, -0.2) is 0 Å². The number of carbonyl (C=O) groups excluding carboxylic acids is 2. The fraction of sp³-hybridized carbons (Fsp3) is 0.421. The number of esters is 1. The number of aromatic nitrogens is 4. The molecule has 8 nitrogen and oxygen atoms in total. The standard InChI is InChI=1S/C19H22ClN5O3/c1-13-21-23-25(22-13)12-16-11-17(20)5-3-14(16)4-6-18(26)24-9-7-15(8-10-24)19(27)28-2/h3-6,11,15H,7-10,12H2,1-2H3. The highest BCUT2D eigenvalue weighted by Gasteiger charge is 2.27. The minimum atomic E-state index is -0.203. The number of carbonyl (C=O) groups is 2. The number of piperidine rings is 1. The van der Waals surface area contributed by atoms with Gasteiger partial charge in [0.25, 0.3) is 0 Å². The first-order chi connectivity index (χ1) is 13.5. The first-order valence-electron chi connectivity index (χ1n) is 9.04. The molecule has 1 aliphatic rings. The van der Waals surface area contributed by atoms with Gasteiger partial charge in [0.05, 0.1) is 19.6 Å². The van der Waals surface area contributed by atoms with Crippen molar-refractivity contribution in [1.82, 2.24) is 25.1 Å². The zero-order chi connectivity index (χ0) is 20.1. The van der Waals surface area contributed by atoms with Crippen LogP contribution in [0.4, 0.5) is 0 Å². The minimum absolute atomic E-state index is 0.0843. The normalized spacial score (nSPS) is 15.2. The molecule has 0 unspecified atom stereocenters. The lowest BCUT2D eigenvalue weighted by molar-refractivity contribution is -0.148. The molecular weight excluding hydrogens is 382 g/mol. The van der Waals surface area contributed by atoms with E-state index in [-0.39, 0.29) is 17.8 Å². The molecule has 1 aromatic carbocycles. The Hall–Kier alpha value is -2.74. The molecule has 28 heavy (non-hydrogen) atoms. The highest BCUT2D eigenvalue weighted by atomic mass is 35.5. The average molecular weight is 404 g/mol. The number of benzene rings is 1. The number of aryl methyl sites for hydroxylation is 1. The van der Waals surface area contributed by atoms with Crippen LogP contribution in [-0.2, 0) is 20.9 Å². The minimum Gasteiger partial charge on any atom is -0.469 e. The van der Waals surface area contributed by atoms with E-state index < -0.39 is 0 Å². The summed E-state index contributed by atoms with van der Waals surface area (Å²) in [7, 11) is 1.39. The molecule has 2 aromatic rings. The van der Waals surface area contributed by atoms with E-state index in [0.717, 1.165) is 11.1 Å². The van der Waals surface area contributed by atoms with Gasteiger partial charge in [0.1, 0.15) is 0 Å². The number of ether oxygens (including phenoxy) is 1. The summed E-state index contributed by atoms with van der Waals surface area (Å²) < 4.78 is 4.78. The Bertz CT molecular complexity index is 887. The molecule has 0 atom stereocenters. The Morgan fingerprint density at radius 1 is 1.32 bits per heavy atom. The van der Waals surface area contributed by atoms with Crippen LogP contribution >= 0.6 is 11.6 Å². The number of hydrogen-bond donors (Lipinski definition) is 0. The van der Waals surface area contributed by atoms with E-state index >= 15 is 0 Å². The van der Waals surface area contributed by atoms with E-state index in [1.165, 1.54) is 11.9 Å². The van der Waals surface area contributed by atoms with Crippen molar-refractivity contribution in [3.8, 4) is 0 Å². The van der Waals surface area contributed by atoms with Gasteiger partial charge in [-0.3, -0.25) is 9.59 Å². The largest absolute Gasteiger partial charge is 0.469 e. The van der Waals surface area contributed by atoms with E-state index in [0.29, 0.717) is 43.3 Å². The average Bonchev–Trinajstić information content (AvgIpc) is 3.11. The molecular formula is C19H22ClN5O3. The number of rotatable bonds is 5. The third kappa shape index (κ3) is 4.95. The number of tetrazole rings is 1. The second-order valence-electron chi connectivity index (χ2n) is 6.67. The Labute approximate surface area is 168 Å². The summed E-state index contributed by atoms with van der Waals surface area (Å²) in [6.07, 6.45) is 4.56. The Kier molecular flexibility index (Phi) is 6.41. The molecule has 9 heteroatoms. The van der Waals surface area contributed by atoms with E-state index in [4.69, 9.17) is 16.3 Å². The molecule has 1 amide bonds. The van der Waals surface area contributed by atoms with E-state index in [2.05, 4.69) is 15.4 Å². The highest BCUT2D eigenvalue weighted by molar-refractivity contribution is 6.30. The first-order valence-corrected chi connectivity index (χ1v) is 9.41. The van der Waals surface area contributed by atoms with Gasteiger partial charge in [0.15, 0.2) is 5.82 Å². The van der Waals surface area contributed by atoms with Crippen molar-refractivity contribution in [3.05, 3.63) is 46.2 Å². The van der Waals surface area contributed by atoms with Crippen molar-refractivity contribution >= 4 is 29.6 Å². The third-order valence-electron chi connectivity index (χ3n) is 4.72. The van der Waals surface area contributed by atoms with Crippen LogP contribution < -0.4 is 0 Å². The maximum Gasteiger partial charge on any atom is 0.308 e. The van der Waals surface area contributed by atoms with Crippen LogP contribution in [0.2, 0.25) is 5.02 Å². The van der Waals surface area contributed by atoms with Gasteiger partial charge in [0, 0.05) is 24.2 Å². The zero-order valence-corrected chi connectivity index (χ0v) is 16.6. The number of amides is 1. The predicted molar refractivity (Wildman–Crippen MR) is 103 cm³/mol. The first kappa shape index (κ1) is 20.0. The summed E-state index contributed by atoms with van der Waals surface area (Å²) in [6.45, 7) is 3.25. The summed E-state index contributed by atoms with van der Waals surface area (Å²) in [6, 6.07) is 5.46. The van der Waals surface area contributed by atoms with Crippen LogP contribution in [0.5, 0.6) is 0 Å². The van der Waals surface area contributed by atoms with Crippen molar-refractivity contribution in [1.29, 1.82) is 0 Å². The van der Waals surface area contributed by atoms with Crippen LogP contribution in [0, 0.1) is 12.8 Å². The molecule has 1 aliphatic heterocycles. The molecule has 0 aliphatic carbocycles. The van der Waals surface area contributed by atoms with Crippen LogP contribution in [0.1, 0.15) is 29.8 Å². The second kappa shape index (κ2) is 8.97. The molecule has 0 spiro atoms. The molecule has 148 valence electrons. The Morgan fingerprint density at radius 2 is 2.07 bits per heavy atom. The van der Waals surface area contributed by atoms with Gasteiger partial charge in [-0.05, 0) is 54.3 Å². The molecule has 0 saturated carbocycles. The number of likely N-dealkylation sites (tertiary alicyclic amines) is 1. The summed E-state index contributed by atoms with van der Waals surface area (Å²) in [5.74, 6) is 0.175. The van der Waals surface area contributed by atoms with Gasteiger partial charge < -0.3 is 9.64 Å². The molecule has 0 N–H and O–H groups in total. The predicted octanol–water partition coefficient (Wildman–Crippen LogP) is 2.11. The van der Waals surface area contributed by atoms with Gasteiger partial charge >= 0.3 is 5.97 Å². The quantitative estimate of drug-likeness (QED) is 0.561. The van der Waals surface area contributed by atoms with Crippen LogP contribution in [-0.4, -0.2) is 57.2 Å². The third-order valence-corrected chi connectivity index (χ3v) is 4.95. The van der Waals surface area contributed by atoms with E-state index in [1.807, 2.05) is 12.1 Å². The van der Waals surface area contributed by atoms with Gasteiger partial charge in [-0.2, -0.15) is 4.80 Å². The topological polar surface area (TPSA) is 90.2 Å². The molecule has 1 saturated heterocycles. The fourth-order valence-corrected chi connectivity index (χ4v) is 3.38. The lowest BCUT2D eigenvalue weighted by Crippen LogP contribution is -2.39. The number of methoxy groups -OCH3 is 1. The van der Waals surface area contributed by atoms with Gasteiger partial charge in [-0.15, -0.1) is 10.2 Å². The smallest absolute Gasteiger partial charge is 0.308 e. The van der Waals surface area contributed by atoms with Crippen molar-refractivity contribution in [2.75, 3.05) is 20.2 Å². The zero-order valence-electron chi connectivity index (χ0n) is 15.8. The Balaban J connectivity index is 1.67. The maximum absolute atomic E-state index is 12.5. The second-order valence-corrected chi connectivity index (χ2v) is 7.10. The maximum atomic E-state index is 12.5. The fourth-order valence-electron chi connectivity index (χ4n) is 3.19. The summed E-state index contributed by atoms with van der Waals surface area (Å²) >= 11 is 6.12. The molecule has 3 rings (SSSR count). The number of hydrogen-bond acceptors (Lipinski definition) is 6. The molecule has 1 fully saturated rings. The van der Waals surface area contributed by atoms with Crippen molar-refractivity contribution in [2.45, 2.75) is 26.3 Å². The van der Waals surface area contributed by atoms with Gasteiger partial charge in [-0.1, -0.05) is 17.7 Å². The summed E-state index contributed by atoms with van der Waals surface area (Å²) in [5, 5.41) is 12.6. The Morgan fingerprint density at radius 3 is 2.71 bits per heavy atom. The van der Waals surface area contributed by atoms with Crippen molar-refractivity contribution in [2.24, 2.45) is 5.92 Å². The SMILES string of the molecule is COC(=O)C1CCN(C(=O)C=Cc2ccc(Cl)cc2Cn2nnc(C)n2)CC1. The lowest BCUT2D eigenvalue weighted by atomic mass is 9.97. The van der Waals surface area contributed by atoms with Crippen LogP contribution in [0.25, 0.3) is 6.08 Å². The molecule has 0 bridgehead atoms. The van der Waals surface area contributed by atoms with E-state index in [1.54, 1.807) is 30.0 Å². The summed E-state index contributed by atoms with van der Waals surface area (Å²) in [4.78, 5) is 27.3. The number of halogens is 1. The van der Waals surface area contributed by atoms with Crippen LogP contribution in [0.15, 0.2) is 24.3 Å². The monoisotopic (exact) mass is 403 g/mol. The molecule has 2 heterocycles. The van der Waals surface area contributed by atoms with Crippen molar-refractivity contribution in [3.63, 3.8) is 0 Å². The summed E-state index contributed by atoms with van der Waals surface area (Å²) in [5.41, 5.74) is 1.75. The number of nitrogens with zero attached hydrogens (tertiary/aromatic N) is 5. The molecule has 1 aromatic heterocycles. The van der Waals surface area contributed by atoms with Crippen LogP contribution in [0.3, 0.4) is 0 Å². The van der Waals surface area contributed by atoms with Gasteiger partial charge in [0.2, 0.25) is 5.91 Å². The lowest BCUT2D eigenvalue weighted by Gasteiger charge is -2.29. The molecule has 0 radical (unpaired) electrons. The highest BCUT2D eigenvalue weighted by Crippen LogP contribution is 2.20. The van der Waals surface area contributed by atoms with E-state index in [9.17, 15) is 9.59 Å². The van der Waals surface area contributed by atoms with Crippen molar-refractivity contribution < 1.29 is 14.3 Å².